The van der Waals surface area contributed by atoms with E-state index in [1.807, 2.05) is 61.2 Å². The number of hydrogen-bond donors (Lipinski definition) is 0. The first-order chi connectivity index (χ1) is 12.5. The summed E-state index contributed by atoms with van der Waals surface area (Å²) in [6, 6.07) is 16.3. The van der Waals surface area contributed by atoms with Crippen LogP contribution in [0.1, 0.15) is 25.2 Å². The molecule has 3 aromatic rings. The van der Waals surface area contributed by atoms with Crippen LogP contribution in [0.4, 0.5) is 5.69 Å². The molecule has 0 saturated carbocycles. The minimum Gasteiger partial charge on any atom is -0.308 e. The second-order valence-corrected chi connectivity index (χ2v) is 8.07. The monoisotopic (exact) mass is 363 g/mol. The zero-order valence-corrected chi connectivity index (χ0v) is 16.0. The van der Waals surface area contributed by atoms with Gasteiger partial charge in [-0.05, 0) is 44.9 Å². The van der Waals surface area contributed by atoms with E-state index in [9.17, 15) is 4.79 Å². The Morgan fingerprint density at radius 2 is 1.88 bits per heavy atom. The van der Waals surface area contributed by atoms with Crippen LogP contribution < -0.4 is 4.90 Å². The minimum absolute atomic E-state index is 0.132. The minimum atomic E-state index is -0.221. The van der Waals surface area contributed by atoms with Crippen molar-refractivity contribution in [1.82, 2.24) is 9.97 Å². The Kier molecular flexibility index (Phi) is 4.41. The fraction of sp³-hybridized carbons (Fsp3) is 0.286. The van der Waals surface area contributed by atoms with Crippen LogP contribution in [0, 0.1) is 6.92 Å². The van der Waals surface area contributed by atoms with Crippen LogP contribution in [0.5, 0.6) is 0 Å². The number of nitrogens with zero attached hydrogens (tertiary/aromatic N) is 3. The standard InChI is InChI=1S/C21H21N3OS/c1-13-12-16-8-4-7-11-19(16)24(13)21(25)14(2)26-20-17-9-5-6-10-18(17)22-15(3)23-20/h4-11,13-14H,12H2,1-3H3/t13-,14+/m0/s1. The van der Waals surface area contributed by atoms with Crippen molar-refractivity contribution in [3.8, 4) is 0 Å². The predicted molar refractivity (Wildman–Crippen MR) is 107 cm³/mol. The highest BCUT2D eigenvalue weighted by molar-refractivity contribution is 8.00. The molecule has 0 spiro atoms. The molecule has 1 aliphatic heterocycles. The smallest absolute Gasteiger partial charge is 0.240 e. The molecule has 0 N–H and O–H groups in total. The van der Waals surface area contributed by atoms with E-state index in [1.165, 1.54) is 17.3 Å². The predicted octanol–water partition coefficient (Wildman–Crippen LogP) is 4.40. The van der Waals surface area contributed by atoms with Gasteiger partial charge in [0, 0.05) is 17.1 Å². The lowest BCUT2D eigenvalue weighted by molar-refractivity contribution is -0.118. The Morgan fingerprint density at radius 3 is 2.73 bits per heavy atom. The van der Waals surface area contributed by atoms with Gasteiger partial charge in [0.2, 0.25) is 5.91 Å². The summed E-state index contributed by atoms with van der Waals surface area (Å²) in [5.41, 5.74) is 3.21. The van der Waals surface area contributed by atoms with Gasteiger partial charge in [-0.1, -0.05) is 48.2 Å². The van der Waals surface area contributed by atoms with Crippen LogP contribution in [-0.4, -0.2) is 27.2 Å². The number of rotatable bonds is 3. The molecule has 1 aliphatic rings. The Morgan fingerprint density at radius 1 is 1.15 bits per heavy atom. The highest BCUT2D eigenvalue weighted by atomic mass is 32.2. The van der Waals surface area contributed by atoms with Gasteiger partial charge in [0.05, 0.1) is 10.8 Å². The molecule has 1 amide bonds. The number of carbonyl (C=O) groups is 1. The third-order valence-electron chi connectivity index (χ3n) is 4.76. The fourth-order valence-corrected chi connectivity index (χ4v) is 4.60. The van der Waals surface area contributed by atoms with Crippen molar-refractivity contribution in [1.29, 1.82) is 0 Å². The largest absolute Gasteiger partial charge is 0.308 e. The maximum atomic E-state index is 13.2. The highest BCUT2D eigenvalue weighted by Crippen LogP contribution is 2.35. The molecule has 0 fully saturated rings. The number of para-hydroxylation sites is 2. The molecular weight excluding hydrogens is 342 g/mol. The van der Waals surface area contributed by atoms with E-state index in [0.717, 1.165) is 33.9 Å². The SMILES string of the molecule is Cc1nc(S[C@H](C)C(=O)N2c3ccccc3C[C@@H]2C)c2ccccc2n1. The molecule has 132 valence electrons. The maximum absolute atomic E-state index is 13.2. The van der Waals surface area contributed by atoms with Gasteiger partial charge >= 0.3 is 0 Å². The van der Waals surface area contributed by atoms with Gasteiger partial charge < -0.3 is 4.90 Å². The van der Waals surface area contributed by atoms with E-state index in [1.54, 1.807) is 0 Å². The number of hydrogen-bond acceptors (Lipinski definition) is 4. The molecule has 0 radical (unpaired) electrons. The van der Waals surface area contributed by atoms with Crippen LogP contribution in [0.25, 0.3) is 10.9 Å². The van der Waals surface area contributed by atoms with Crippen LogP contribution >= 0.6 is 11.8 Å². The van der Waals surface area contributed by atoms with Crippen LogP contribution in [0.3, 0.4) is 0 Å². The maximum Gasteiger partial charge on any atom is 0.240 e. The summed E-state index contributed by atoms with van der Waals surface area (Å²) < 4.78 is 0. The Labute approximate surface area is 157 Å². The van der Waals surface area contributed by atoms with Gasteiger partial charge in [-0.3, -0.25) is 4.79 Å². The van der Waals surface area contributed by atoms with Crippen molar-refractivity contribution in [2.75, 3.05) is 4.90 Å². The first-order valence-electron chi connectivity index (χ1n) is 8.85. The zero-order valence-electron chi connectivity index (χ0n) is 15.1. The van der Waals surface area contributed by atoms with Gasteiger partial charge in [0.1, 0.15) is 10.9 Å². The summed E-state index contributed by atoms with van der Waals surface area (Å²) in [6.45, 7) is 5.97. The second-order valence-electron chi connectivity index (χ2n) is 6.74. The van der Waals surface area contributed by atoms with Gasteiger partial charge in [0.25, 0.3) is 0 Å². The quantitative estimate of drug-likeness (QED) is 0.511. The summed E-state index contributed by atoms with van der Waals surface area (Å²) in [5.74, 6) is 0.860. The molecule has 2 heterocycles. The van der Waals surface area contributed by atoms with Crippen molar-refractivity contribution < 1.29 is 4.79 Å². The molecule has 4 rings (SSSR count). The average molecular weight is 363 g/mol. The normalized spacial score (nSPS) is 17.3. The second kappa shape index (κ2) is 6.72. The topological polar surface area (TPSA) is 46.1 Å². The van der Waals surface area contributed by atoms with Crippen molar-refractivity contribution in [3.05, 3.63) is 59.9 Å². The van der Waals surface area contributed by atoms with Crippen molar-refractivity contribution in [3.63, 3.8) is 0 Å². The zero-order chi connectivity index (χ0) is 18.3. The molecule has 2 atom stereocenters. The lowest BCUT2D eigenvalue weighted by Gasteiger charge is -2.26. The van der Waals surface area contributed by atoms with Crippen molar-refractivity contribution >= 4 is 34.3 Å². The van der Waals surface area contributed by atoms with E-state index in [-0.39, 0.29) is 17.2 Å². The summed E-state index contributed by atoms with van der Waals surface area (Å²) in [5, 5.41) is 1.65. The van der Waals surface area contributed by atoms with E-state index >= 15 is 0 Å². The molecule has 1 aromatic heterocycles. The number of benzene rings is 2. The lowest BCUT2D eigenvalue weighted by atomic mass is 10.1. The number of thioether (sulfide) groups is 1. The molecule has 5 heteroatoms. The first-order valence-corrected chi connectivity index (χ1v) is 9.73. The first kappa shape index (κ1) is 17.0. The number of carbonyl (C=O) groups excluding carboxylic acids is 1. The van der Waals surface area contributed by atoms with Crippen LogP contribution in [0.2, 0.25) is 0 Å². The molecule has 4 nitrogen and oxygen atoms in total. The van der Waals surface area contributed by atoms with E-state index < -0.39 is 0 Å². The van der Waals surface area contributed by atoms with Crippen molar-refractivity contribution in [2.24, 2.45) is 0 Å². The molecule has 2 aromatic carbocycles. The van der Waals surface area contributed by atoms with E-state index in [4.69, 9.17) is 0 Å². The molecule has 0 unspecified atom stereocenters. The highest BCUT2D eigenvalue weighted by Gasteiger charge is 2.33. The molecule has 26 heavy (non-hydrogen) atoms. The van der Waals surface area contributed by atoms with Crippen molar-refractivity contribution in [2.45, 2.75) is 43.5 Å². The van der Waals surface area contributed by atoms with Gasteiger partial charge in [-0.25, -0.2) is 9.97 Å². The third-order valence-corrected chi connectivity index (χ3v) is 5.85. The number of aromatic nitrogens is 2. The molecule has 0 bridgehead atoms. The van der Waals surface area contributed by atoms with Gasteiger partial charge in [-0.2, -0.15) is 0 Å². The van der Waals surface area contributed by atoms with Crippen LogP contribution in [-0.2, 0) is 11.2 Å². The van der Waals surface area contributed by atoms with E-state index in [0.29, 0.717) is 0 Å². The number of fused-ring (bicyclic) bond motifs is 2. The third kappa shape index (κ3) is 2.97. The summed E-state index contributed by atoms with van der Waals surface area (Å²) in [7, 11) is 0. The Hall–Kier alpha value is -2.40. The lowest BCUT2D eigenvalue weighted by Crippen LogP contribution is -2.40. The number of amides is 1. The Bertz CT molecular complexity index is 988. The molecule has 0 saturated heterocycles. The van der Waals surface area contributed by atoms with E-state index in [2.05, 4.69) is 23.0 Å². The summed E-state index contributed by atoms with van der Waals surface area (Å²) in [6.07, 6.45) is 0.912. The average Bonchev–Trinajstić information content (AvgIpc) is 2.96. The van der Waals surface area contributed by atoms with Gasteiger partial charge in [-0.15, -0.1) is 0 Å². The summed E-state index contributed by atoms with van der Waals surface area (Å²) in [4.78, 5) is 24.2. The molecule has 0 aliphatic carbocycles. The van der Waals surface area contributed by atoms with Gasteiger partial charge in [0.15, 0.2) is 0 Å². The van der Waals surface area contributed by atoms with Crippen LogP contribution in [0.15, 0.2) is 53.6 Å². The summed E-state index contributed by atoms with van der Waals surface area (Å²) >= 11 is 1.52. The molecular formula is C21H21N3OS. The number of aryl methyl sites for hydroxylation is 1. The Balaban J connectivity index is 1.63. The fourth-order valence-electron chi connectivity index (χ4n) is 3.56. The number of anilines is 1.